The van der Waals surface area contributed by atoms with Crippen molar-refractivity contribution in [3.8, 4) is 11.5 Å². The molecule has 130 valence electrons. The number of nitrogens with zero attached hydrogens (tertiary/aromatic N) is 1. The lowest BCUT2D eigenvalue weighted by Crippen LogP contribution is -2.41. The third-order valence-corrected chi connectivity index (χ3v) is 4.15. The molecule has 0 spiro atoms. The second kappa shape index (κ2) is 9.96. The Morgan fingerprint density at radius 1 is 1.00 bits per heavy atom. The lowest BCUT2D eigenvalue weighted by Gasteiger charge is -2.28. The molecule has 0 heterocycles. The van der Waals surface area contributed by atoms with Crippen molar-refractivity contribution in [1.82, 2.24) is 10.2 Å². The van der Waals surface area contributed by atoms with E-state index in [4.69, 9.17) is 9.47 Å². The number of ether oxygens (including phenoxy) is 2. The van der Waals surface area contributed by atoms with Crippen LogP contribution in [0, 0.1) is 0 Å². The van der Waals surface area contributed by atoms with Gasteiger partial charge in [-0.25, -0.2) is 0 Å². The predicted molar refractivity (Wildman–Crippen MR) is 99.0 cm³/mol. The first-order valence-corrected chi connectivity index (χ1v) is 8.39. The Bertz CT molecular complexity index is 589. The monoisotopic (exact) mass is 328 g/mol. The standard InChI is InChI=1S/C20H28N2O2/c1-21-13-14-22(2)18(15-17-9-5-4-6-10-17)16-24-20-12-8-7-11-19(20)23-3/h4-12,18,21H,13-16H2,1-3H3/t18-/m0/s1. The number of hydrogen-bond donors (Lipinski definition) is 1. The first kappa shape index (κ1) is 18.3. The molecule has 2 aromatic rings. The van der Waals surface area contributed by atoms with Crippen molar-refractivity contribution in [3.63, 3.8) is 0 Å². The van der Waals surface area contributed by atoms with Gasteiger partial charge >= 0.3 is 0 Å². The van der Waals surface area contributed by atoms with Crippen molar-refractivity contribution in [3.05, 3.63) is 60.2 Å². The van der Waals surface area contributed by atoms with Gasteiger partial charge in [-0.1, -0.05) is 42.5 Å². The quantitative estimate of drug-likeness (QED) is 0.727. The average Bonchev–Trinajstić information content (AvgIpc) is 2.64. The van der Waals surface area contributed by atoms with Crippen LogP contribution in [0.1, 0.15) is 5.56 Å². The summed E-state index contributed by atoms with van der Waals surface area (Å²) in [4.78, 5) is 2.35. The Labute approximate surface area is 145 Å². The molecule has 24 heavy (non-hydrogen) atoms. The molecule has 0 amide bonds. The molecule has 0 aromatic heterocycles. The highest BCUT2D eigenvalue weighted by Gasteiger charge is 2.17. The number of likely N-dealkylation sites (N-methyl/N-ethyl adjacent to an activating group) is 2. The van der Waals surface area contributed by atoms with Crippen molar-refractivity contribution in [2.24, 2.45) is 0 Å². The van der Waals surface area contributed by atoms with Gasteiger partial charge in [-0.3, -0.25) is 4.90 Å². The van der Waals surface area contributed by atoms with E-state index in [-0.39, 0.29) is 0 Å². The molecular formula is C20H28N2O2. The SMILES string of the molecule is CNCCN(C)[C@H](COc1ccccc1OC)Cc1ccccc1. The molecular weight excluding hydrogens is 300 g/mol. The van der Waals surface area contributed by atoms with Crippen LogP contribution in [0.15, 0.2) is 54.6 Å². The van der Waals surface area contributed by atoms with Gasteiger partial charge < -0.3 is 14.8 Å². The topological polar surface area (TPSA) is 33.7 Å². The summed E-state index contributed by atoms with van der Waals surface area (Å²) in [5, 5.41) is 3.21. The fourth-order valence-corrected chi connectivity index (χ4v) is 2.62. The molecule has 0 aliphatic heterocycles. The van der Waals surface area contributed by atoms with Gasteiger partial charge in [-0.05, 0) is 38.2 Å². The molecule has 0 radical (unpaired) electrons. The van der Waals surface area contributed by atoms with Gasteiger partial charge in [0.25, 0.3) is 0 Å². The maximum absolute atomic E-state index is 6.08. The summed E-state index contributed by atoms with van der Waals surface area (Å²) in [7, 11) is 5.80. The molecule has 0 fully saturated rings. The maximum atomic E-state index is 6.08. The summed E-state index contributed by atoms with van der Waals surface area (Å²) in [5.41, 5.74) is 1.32. The van der Waals surface area contributed by atoms with Gasteiger partial charge in [0.1, 0.15) is 6.61 Å². The van der Waals surface area contributed by atoms with Crippen LogP contribution in [0.5, 0.6) is 11.5 Å². The van der Waals surface area contributed by atoms with E-state index in [0.29, 0.717) is 12.6 Å². The Morgan fingerprint density at radius 2 is 1.67 bits per heavy atom. The molecule has 2 aromatic carbocycles. The van der Waals surface area contributed by atoms with E-state index >= 15 is 0 Å². The molecule has 0 saturated heterocycles. The van der Waals surface area contributed by atoms with Gasteiger partial charge in [0.2, 0.25) is 0 Å². The summed E-state index contributed by atoms with van der Waals surface area (Å²) < 4.78 is 11.4. The van der Waals surface area contributed by atoms with Crippen molar-refractivity contribution in [2.45, 2.75) is 12.5 Å². The largest absolute Gasteiger partial charge is 0.493 e. The lowest BCUT2D eigenvalue weighted by atomic mass is 10.1. The van der Waals surface area contributed by atoms with Crippen molar-refractivity contribution in [1.29, 1.82) is 0 Å². The number of methoxy groups -OCH3 is 1. The number of hydrogen-bond acceptors (Lipinski definition) is 4. The van der Waals surface area contributed by atoms with Gasteiger partial charge in [0, 0.05) is 19.1 Å². The summed E-state index contributed by atoms with van der Waals surface area (Å²) in [5.74, 6) is 1.56. The smallest absolute Gasteiger partial charge is 0.161 e. The zero-order valence-corrected chi connectivity index (χ0v) is 14.9. The number of rotatable bonds is 10. The zero-order chi connectivity index (χ0) is 17.2. The van der Waals surface area contributed by atoms with E-state index in [2.05, 4.69) is 47.6 Å². The van der Waals surface area contributed by atoms with Crippen LogP contribution in [-0.4, -0.2) is 51.8 Å². The van der Waals surface area contributed by atoms with Crippen molar-refractivity contribution < 1.29 is 9.47 Å². The maximum Gasteiger partial charge on any atom is 0.161 e. The minimum Gasteiger partial charge on any atom is -0.493 e. The highest BCUT2D eigenvalue weighted by Crippen LogP contribution is 2.26. The highest BCUT2D eigenvalue weighted by molar-refractivity contribution is 5.39. The van der Waals surface area contributed by atoms with E-state index in [9.17, 15) is 0 Å². The van der Waals surface area contributed by atoms with Gasteiger partial charge in [-0.15, -0.1) is 0 Å². The van der Waals surface area contributed by atoms with Crippen LogP contribution < -0.4 is 14.8 Å². The van der Waals surface area contributed by atoms with Crippen molar-refractivity contribution >= 4 is 0 Å². The molecule has 1 N–H and O–H groups in total. The average molecular weight is 328 g/mol. The summed E-state index contributed by atoms with van der Waals surface area (Å²) in [6.45, 7) is 2.55. The van der Waals surface area contributed by atoms with Crippen molar-refractivity contribution in [2.75, 3.05) is 40.9 Å². The van der Waals surface area contributed by atoms with Crippen LogP contribution in [-0.2, 0) is 6.42 Å². The van der Waals surface area contributed by atoms with Gasteiger partial charge in [0.15, 0.2) is 11.5 Å². The minimum absolute atomic E-state index is 0.297. The van der Waals surface area contributed by atoms with E-state index < -0.39 is 0 Å². The number of nitrogens with one attached hydrogen (secondary N) is 1. The third kappa shape index (κ3) is 5.55. The van der Waals surface area contributed by atoms with Crippen LogP contribution in [0.2, 0.25) is 0 Å². The first-order chi connectivity index (χ1) is 11.7. The Balaban J connectivity index is 2.04. The van der Waals surface area contributed by atoms with E-state index in [1.165, 1.54) is 5.56 Å². The fourth-order valence-electron chi connectivity index (χ4n) is 2.62. The molecule has 4 heteroatoms. The van der Waals surface area contributed by atoms with E-state index in [0.717, 1.165) is 31.0 Å². The predicted octanol–water partition coefficient (Wildman–Crippen LogP) is 2.84. The van der Waals surface area contributed by atoms with Gasteiger partial charge in [-0.2, -0.15) is 0 Å². The molecule has 0 aliphatic rings. The Morgan fingerprint density at radius 3 is 2.33 bits per heavy atom. The fraction of sp³-hybridized carbons (Fsp3) is 0.400. The van der Waals surface area contributed by atoms with Crippen LogP contribution in [0.3, 0.4) is 0 Å². The van der Waals surface area contributed by atoms with E-state index in [1.54, 1.807) is 7.11 Å². The first-order valence-electron chi connectivity index (χ1n) is 8.39. The van der Waals surface area contributed by atoms with Gasteiger partial charge in [0.05, 0.1) is 7.11 Å². The van der Waals surface area contributed by atoms with Crippen LogP contribution in [0.25, 0.3) is 0 Å². The molecule has 0 unspecified atom stereocenters. The Hall–Kier alpha value is -2.04. The highest BCUT2D eigenvalue weighted by atomic mass is 16.5. The lowest BCUT2D eigenvalue weighted by molar-refractivity contribution is 0.158. The number of para-hydroxylation sites is 2. The minimum atomic E-state index is 0.297. The molecule has 4 nitrogen and oxygen atoms in total. The van der Waals surface area contributed by atoms with Crippen LogP contribution in [0.4, 0.5) is 0 Å². The summed E-state index contributed by atoms with van der Waals surface area (Å²) in [6.07, 6.45) is 0.955. The molecule has 0 aliphatic carbocycles. The Kier molecular flexibility index (Phi) is 7.59. The van der Waals surface area contributed by atoms with E-state index in [1.807, 2.05) is 31.3 Å². The zero-order valence-electron chi connectivity index (χ0n) is 14.9. The summed E-state index contributed by atoms with van der Waals surface area (Å²) in [6, 6.07) is 18.6. The molecule has 0 bridgehead atoms. The normalized spacial score (nSPS) is 12.2. The molecule has 0 saturated carbocycles. The summed E-state index contributed by atoms with van der Waals surface area (Å²) >= 11 is 0. The second-order valence-corrected chi connectivity index (χ2v) is 5.89. The van der Waals surface area contributed by atoms with Crippen LogP contribution >= 0.6 is 0 Å². The molecule has 1 atom stereocenters. The number of benzene rings is 2. The molecule has 2 rings (SSSR count). The third-order valence-electron chi connectivity index (χ3n) is 4.15. The second-order valence-electron chi connectivity index (χ2n) is 5.89.